The van der Waals surface area contributed by atoms with Crippen molar-refractivity contribution in [3.63, 3.8) is 0 Å². The van der Waals surface area contributed by atoms with Gasteiger partial charge in [0.05, 0.1) is 9.79 Å². The first kappa shape index (κ1) is 20.5. The fraction of sp³-hybridized carbons (Fsp3) is 0.316. The Labute approximate surface area is 161 Å². The van der Waals surface area contributed by atoms with Gasteiger partial charge in [-0.2, -0.15) is 0 Å². The van der Waals surface area contributed by atoms with E-state index in [0.717, 1.165) is 32.6 Å². The van der Waals surface area contributed by atoms with Crippen LogP contribution in [0.2, 0.25) is 0 Å². The number of carbonyl (C=O) groups is 1. The number of carboxylic acid groups (broad SMARTS) is 1. The van der Waals surface area contributed by atoms with Crippen molar-refractivity contribution in [1.82, 2.24) is 0 Å². The first-order valence-corrected chi connectivity index (χ1v) is 10.3. The SMILES string of the molecule is CCSc1cc(CC(N)C(=O)O)cc(SCC)c1Oc1ccc(O)cc1. The Morgan fingerprint density at radius 2 is 1.65 bits per heavy atom. The van der Waals surface area contributed by atoms with Crippen LogP contribution in [0.4, 0.5) is 0 Å². The van der Waals surface area contributed by atoms with Gasteiger partial charge >= 0.3 is 5.97 Å². The fourth-order valence-corrected chi connectivity index (χ4v) is 4.07. The lowest BCUT2D eigenvalue weighted by Crippen LogP contribution is -2.32. The van der Waals surface area contributed by atoms with Crippen LogP contribution in [0, 0.1) is 0 Å². The normalized spacial score (nSPS) is 12.0. The first-order valence-electron chi connectivity index (χ1n) is 8.32. The van der Waals surface area contributed by atoms with Crippen LogP contribution < -0.4 is 10.5 Å². The van der Waals surface area contributed by atoms with Gasteiger partial charge in [-0.1, -0.05) is 13.8 Å². The van der Waals surface area contributed by atoms with E-state index in [0.29, 0.717) is 5.75 Å². The number of ether oxygens (including phenoxy) is 1. The summed E-state index contributed by atoms with van der Waals surface area (Å²) in [7, 11) is 0. The van der Waals surface area contributed by atoms with Crippen molar-refractivity contribution in [2.24, 2.45) is 5.73 Å². The number of thioether (sulfide) groups is 2. The molecule has 2 rings (SSSR count). The van der Waals surface area contributed by atoms with E-state index in [1.54, 1.807) is 47.8 Å². The highest BCUT2D eigenvalue weighted by Crippen LogP contribution is 2.42. The second kappa shape index (κ2) is 9.75. The molecule has 1 unspecified atom stereocenters. The van der Waals surface area contributed by atoms with Gasteiger partial charge in [0.2, 0.25) is 0 Å². The molecule has 0 aliphatic heterocycles. The maximum atomic E-state index is 11.1. The molecule has 5 nitrogen and oxygen atoms in total. The van der Waals surface area contributed by atoms with Crippen molar-refractivity contribution in [3.8, 4) is 17.2 Å². The number of phenols is 1. The summed E-state index contributed by atoms with van der Waals surface area (Å²) in [5.74, 6) is 2.27. The van der Waals surface area contributed by atoms with Crippen molar-refractivity contribution in [2.45, 2.75) is 36.1 Å². The van der Waals surface area contributed by atoms with Crippen LogP contribution in [-0.2, 0) is 11.2 Å². The van der Waals surface area contributed by atoms with E-state index in [-0.39, 0.29) is 12.2 Å². The number of hydrogen-bond acceptors (Lipinski definition) is 6. The van der Waals surface area contributed by atoms with Crippen LogP contribution >= 0.6 is 23.5 Å². The zero-order chi connectivity index (χ0) is 19.1. The van der Waals surface area contributed by atoms with Crippen molar-refractivity contribution < 1.29 is 19.7 Å². The minimum absolute atomic E-state index is 0.182. The van der Waals surface area contributed by atoms with Crippen LogP contribution in [0.1, 0.15) is 19.4 Å². The molecule has 26 heavy (non-hydrogen) atoms. The lowest BCUT2D eigenvalue weighted by Gasteiger charge is -2.17. The lowest BCUT2D eigenvalue weighted by atomic mass is 10.1. The molecule has 0 spiro atoms. The maximum Gasteiger partial charge on any atom is 0.320 e. The van der Waals surface area contributed by atoms with Gasteiger partial charge in [0.1, 0.15) is 17.5 Å². The first-order chi connectivity index (χ1) is 12.4. The standard InChI is InChI=1S/C19H23NO4S2/c1-3-25-16-10-12(9-15(20)19(22)23)11-17(26-4-2)18(16)24-14-7-5-13(21)6-8-14/h5-8,10-11,15,21H,3-4,9,20H2,1-2H3,(H,22,23). The molecule has 0 saturated heterocycles. The summed E-state index contributed by atoms with van der Waals surface area (Å²) >= 11 is 3.28. The van der Waals surface area contributed by atoms with E-state index in [1.165, 1.54) is 0 Å². The minimum atomic E-state index is -1.01. The Morgan fingerprint density at radius 1 is 1.12 bits per heavy atom. The van der Waals surface area contributed by atoms with E-state index in [4.69, 9.17) is 15.6 Å². The smallest absolute Gasteiger partial charge is 0.320 e. The van der Waals surface area contributed by atoms with Crippen molar-refractivity contribution in [2.75, 3.05) is 11.5 Å². The molecular formula is C19H23NO4S2. The Balaban J connectivity index is 2.42. The predicted molar refractivity (Wildman–Crippen MR) is 107 cm³/mol. The van der Waals surface area contributed by atoms with Crippen molar-refractivity contribution >= 4 is 29.5 Å². The molecule has 7 heteroatoms. The molecule has 0 saturated carbocycles. The number of benzene rings is 2. The third-order valence-electron chi connectivity index (χ3n) is 3.51. The Morgan fingerprint density at radius 3 is 2.12 bits per heavy atom. The number of aliphatic carboxylic acids is 1. The van der Waals surface area contributed by atoms with Crippen LogP contribution in [0.15, 0.2) is 46.2 Å². The van der Waals surface area contributed by atoms with Gasteiger partial charge in [-0.15, -0.1) is 23.5 Å². The average molecular weight is 394 g/mol. The van der Waals surface area contributed by atoms with Crippen LogP contribution in [0.5, 0.6) is 17.2 Å². The third-order valence-corrected chi connectivity index (χ3v) is 5.32. The Hall–Kier alpha value is -1.83. The van der Waals surface area contributed by atoms with Crippen molar-refractivity contribution in [3.05, 3.63) is 42.0 Å². The average Bonchev–Trinajstić information content (AvgIpc) is 2.60. The molecular weight excluding hydrogens is 370 g/mol. The van der Waals surface area contributed by atoms with E-state index in [9.17, 15) is 9.90 Å². The lowest BCUT2D eigenvalue weighted by molar-refractivity contribution is -0.138. The molecule has 0 aliphatic rings. The predicted octanol–water partition coefficient (Wildman–Crippen LogP) is 4.36. The second-order valence-corrected chi connectivity index (χ2v) is 8.14. The molecule has 0 aliphatic carbocycles. The zero-order valence-corrected chi connectivity index (χ0v) is 16.4. The highest BCUT2D eigenvalue weighted by molar-refractivity contribution is 8.00. The van der Waals surface area contributed by atoms with E-state index in [2.05, 4.69) is 13.8 Å². The highest BCUT2D eigenvalue weighted by Gasteiger charge is 2.18. The van der Waals surface area contributed by atoms with Gasteiger partial charge < -0.3 is 20.7 Å². The zero-order valence-electron chi connectivity index (χ0n) is 14.8. The second-order valence-electron chi connectivity index (χ2n) is 5.53. The van der Waals surface area contributed by atoms with Crippen molar-refractivity contribution in [1.29, 1.82) is 0 Å². The number of aromatic hydroxyl groups is 1. The van der Waals surface area contributed by atoms with Crippen LogP contribution in [0.3, 0.4) is 0 Å². The molecule has 0 bridgehead atoms. The molecule has 4 N–H and O–H groups in total. The quantitative estimate of drug-likeness (QED) is 0.545. The molecule has 0 fully saturated rings. The largest absolute Gasteiger partial charge is 0.508 e. The van der Waals surface area contributed by atoms with Gasteiger partial charge in [-0.05, 0) is 59.9 Å². The maximum absolute atomic E-state index is 11.1. The molecule has 140 valence electrons. The summed E-state index contributed by atoms with van der Waals surface area (Å²) in [4.78, 5) is 13.0. The van der Waals surface area contributed by atoms with E-state index in [1.807, 2.05) is 12.1 Å². The van der Waals surface area contributed by atoms with Gasteiger partial charge in [0, 0.05) is 0 Å². The summed E-state index contributed by atoms with van der Waals surface area (Å²) < 4.78 is 6.11. The fourth-order valence-electron chi connectivity index (χ4n) is 2.35. The van der Waals surface area contributed by atoms with E-state index < -0.39 is 12.0 Å². The number of nitrogens with two attached hydrogens (primary N) is 1. The number of hydrogen-bond donors (Lipinski definition) is 3. The summed E-state index contributed by atoms with van der Waals surface area (Å²) in [5.41, 5.74) is 6.58. The van der Waals surface area contributed by atoms with Gasteiger partial charge in [0.15, 0.2) is 5.75 Å². The Kier molecular flexibility index (Phi) is 7.68. The number of phenolic OH excluding ortho intramolecular Hbond substituents is 1. The van der Waals surface area contributed by atoms with E-state index >= 15 is 0 Å². The Bertz CT molecular complexity index is 723. The summed E-state index contributed by atoms with van der Waals surface area (Å²) in [5, 5.41) is 18.5. The van der Waals surface area contributed by atoms with Gasteiger partial charge in [-0.3, -0.25) is 4.79 Å². The molecule has 0 amide bonds. The minimum Gasteiger partial charge on any atom is -0.508 e. The van der Waals surface area contributed by atoms with Gasteiger partial charge in [-0.25, -0.2) is 0 Å². The summed E-state index contributed by atoms with van der Waals surface area (Å²) in [6.45, 7) is 4.11. The topological polar surface area (TPSA) is 92.8 Å². The van der Waals surface area contributed by atoms with Crippen LogP contribution in [-0.4, -0.2) is 33.7 Å². The summed E-state index contributed by atoms with van der Waals surface area (Å²) in [6, 6.07) is 9.55. The molecule has 2 aromatic rings. The monoisotopic (exact) mass is 393 g/mol. The molecule has 2 aromatic carbocycles. The highest BCUT2D eigenvalue weighted by atomic mass is 32.2. The number of rotatable bonds is 9. The summed E-state index contributed by atoms with van der Waals surface area (Å²) in [6.07, 6.45) is 0.267. The molecule has 0 heterocycles. The molecule has 1 atom stereocenters. The third kappa shape index (κ3) is 5.59. The number of carboxylic acids is 1. The van der Waals surface area contributed by atoms with Crippen LogP contribution in [0.25, 0.3) is 0 Å². The molecule has 0 radical (unpaired) electrons. The molecule has 0 aromatic heterocycles. The van der Waals surface area contributed by atoms with Gasteiger partial charge in [0.25, 0.3) is 0 Å².